The number of rotatable bonds is 7. The fraction of sp³-hybridized carbons (Fsp3) is 0.440. The number of carbonyl (C=O) groups is 2. The molecule has 1 saturated heterocycles. The number of aryl methyl sites for hydroxylation is 1. The molecule has 0 unspecified atom stereocenters. The predicted molar refractivity (Wildman–Crippen MR) is 128 cm³/mol. The summed E-state index contributed by atoms with van der Waals surface area (Å²) >= 11 is 0. The number of carbonyl (C=O) groups excluding carboxylic acids is 2. The standard InChI is InChI=1S/C25H34N4O2/c1-4-5-6-10-24(30)29-17-15-28(16-18-29)22-13-11-21(12-14-22)26-25(31)27-23-9-7-8-19(2)20(23)3/h7-9,11-14H,4-6,10,15-18H2,1-3H3,(H2,26,27,31). The van der Waals surface area contributed by atoms with Gasteiger partial charge in [0.05, 0.1) is 0 Å². The third kappa shape index (κ3) is 6.23. The first-order valence-corrected chi connectivity index (χ1v) is 11.2. The van der Waals surface area contributed by atoms with Crippen molar-refractivity contribution in [1.29, 1.82) is 0 Å². The first-order valence-electron chi connectivity index (χ1n) is 11.2. The van der Waals surface area contributed by atoms with Crippen LogP contribution in [0.15, 0.2) is 42.5 Å². The normalized spacial score (nSPS) is 13.8. The van der Waals surface area contributed by atoms with E-state index in [4.69, 9.17) is 0 Å². The maximum atomic E-state index is 12.4. The Bertz CT molecular complexity index is 887. The van der Waals surface area contributed by atoms with Crippen molar-refractivity contribution in [2.24, 2.45) is 0 Å². The average Bonchev–Trinajstić information content (AvgIpc) is 2.78. The molecule has 0 spiro atoms. The van der Waals surface area contributed by atoms with E-state index in [1.807, 2.05) is 61.2 Å². The molecular weight excluding hydrogens is 388 g/mol. The van der Waals surface area contributed by atoms with Crippen molar-refractivity contribution >= 4 is 29.0 Å². The minimum absolute atomic E-state index is 0.253. The molecule has 1 fully saturated rings. The van der Waals surface area contributed by atoms with Crippen LogP contribution in [0.5, 0.6) is 0 Å². The lowest BCUT2D eigenvalue weighted by molar-refractivity contribution is -0.131. The van der Waals surface area contributed by atoms with Crippen molar-refractivity contribution < 1.29 is 9.59 Å². The molecule has 3 rings (SSSR count). The lowest BCUT2D eigenvalue weighted by Gasteiger charge is -2.36. The van der Waals surface area contributed by atoms with Gasteiger partial charge in [0, 0.05) is 49.7 Å². The third-order valence-corrected chi connectivity index (χ3v) is 5.97. The van der Waals surface area contributed by atoms with E-state index in [-0.39, 0.29) is 11.9 Å². The van der Waals surface area contributed by atoms with Gasteiger partial charge in [0.25, 0.3) is 0 Å². The summed E-state index contributed by atoms with van der Waals surface area (Å²) in [5, 5.41) is 5.81. The molecule has 1 aliphatic heterocycles. The number of hydrogen-bond acceptors (Lipinski definition) is 3. The molecule has 1 aliphatic rings. The van der Waals surface area contributed by atoms with E-state index < -0.39 is 0 Å². The molecule has 6 nitrogen and oxygen atoms in total. The van der Waals surface area contributed by atoms with Gasteiger partial charge in [-0.15, -0.1) is 0 Å². The Hall–Kier alpha value is -3.02. The Labute approximate surface area is 185 Å². The van der Waals surface area contributed by atoms with Gasteiger partial charge in [-0.2, -0.15) is 0 Å². The first-order chi connectivity index (χ1) is 15.0. The lowest BCUT2D eigenvalue weighted by Crippen LogP contribution is -2.48. The number of nitrogens with zero attached hydrogens (tertiary/aromatic N) is 2. The Morgan fingerprint density at radius 2 is 1.61 bits per heavy atom. The number of unbranched alkanes of at least 4 members (excludes halogenated alkanes) is 2. The van der Waals surface area contributed by atoms with E-state index in [0.717, 1.165) is 73.6 Å². The molecule has 0 bridgehead atoms. The Kier molecular flexibility index (Phi) is 7.93. The van der Waals surface area contributed by atoms with E-state index in [0.29, 0.717) is 6.42 Å². The minimum atomic E-state index is -0.253. The van der Waals surface area contributed by atoms with E-state index in [1.54, 1.807) is 0 Å². The van der Waals surface area contributed by atoms with Crippen LogP contribution in [0.4, 0.5) is 21.9 Å². The highest BCUT2D eigenvalue weighted by molar-refractivity contribution is 6.00. The average molecular weight is 423 g/mol. The smallest absolute Gasteiger partial charge is 0.323 e. The van der Waals surface area contributed by atoms with E-state index in [2.05, 4.69) is 22.5 Å². The molecule has 0 atom stereocenters. The zero-order chi connectivity index (χ0) is 22.2. The summed E-state index contributed by atoms with van der Waals surface area (Å²) in [7, 11) is 0. The van der Waals surface area contributed by atoms with Gasteiger partial charge in [-0.3, -0.25) is 4.79 Å². The van der Waals surface area contributed by atoms with Crippen LogP contribution >= 0.6 is 0 Å². The maximum absolute atomic E-state index is 12.4. The SMILES string of the molecule is CCCCCC(=O)N1CCN(c2ccc(NC(=O)Nc3cccc(C)c3C)cc2)CC1. The fourth-order valence-electron chi connectivity index (χ4n) is 3.83. The molecule has 6 heteroatoms. The summed E-state index contributed by atoms with van der Waals surface area (Å²) in [5.74, 6) is 0.280. The molecule has 31 heavy (non-hydrogen) atoms. The highest BCUT2D eigenvalue weighted by atomic mass is 16.2. The fourth-order valence-corrected chi connectivity index (χ4v) is 3.83. The largest absolute Gasteiger partial charge is 0.368 e. The molecule has 0 radical (unpaired) electrons. The molecule has 0 aromatic heterocycles. The van der Waals surface area contributed by atoms with Crippen molar-refractivity contribution in [2.75, 3.05) is 41.7 Å². The number of amides is 3. The second kappa shape index (κ2) is 10.8. The molecule has 2 aromatic rings. The summed E-state index contributed by atoms with van der Waals surface area (Å²) in [6.07, 6.45) is 3.91. The number of benzene rings is 2. The molecule has 2 aromatic carbocycles. The van der Waals surface area contributed by atoms with Crippen molar-refractivity contribution in [3.05, 3.63) is 53.6 Å². The first kappa shape index (κ1) is 22.7. The van der Waals surface area contributed by atoms with Crippen LogP contribution in [-0.2, 0) is 4.79 Å². The van der Waals surface area contributed by atoms with Crippen LogP contribution < -0.4 is 15.5 Å². The topological polar surface area (TPSA) is 64.7 Å². The molecule has 166 valence electrons. The number of anilines is 3. The van der Waals surface area contributed by atoms with E-state index >= 15 is 0 Å². The van der Waals surface area contributed by atoms with Crippen molar-refractivity contribution in [2.45, 2.75) is 46.5 Å². The molecule has 1 heterocycles. The predicted octanol–water partition coefficient (Wildman–Crippen LogP) is 5.18. The summed E-state index contributed by atoms with van der Waals surface area (Å²) in [5.41, 5.74) is 4.88. The van der Waals surface area contributed by atoms with Crippen molar-refractivity contribution in [3.8, 4) is 0 Å². The van der Waals surface area contributed by atoms with Crippen LogP contribution in [0.3, 0.4) is 0 Å². The zero-order valence-corrected chi connectivity index (χ0v) is 18.9. The third-order valence-electron chi connectivity index (χ3n) is 5.97. The van der Waals surface area contributed by atoms with Gasteiger partial charge in [-0.25, -0.2) is 4.79 Å². The van der Waals surface area contributed by atoms with Gasteiger partial charge in [-0.05, 0) is 61.7 Å². The van der Waals surface area contributed by atoms with Gasteiger partial charge < -0.3 is 20.4 Å². The van der Waals surface area contributed by atoms with Gasteiger partial charge in [0.15, 0.2) is 0 Å². The van der Waals surface area contributed by atoms with Gasteiger partial charge in [0.1, 0.15) is 0 Å². The molecule has 3 amide bonds. The number of hydrogen-bond donors (Lipinski definition) is 2. The van der Waals surface area contributed by atoms with Gasteiger partial charge >= 0.3 is 6.03 Å². The van der Waals surface area contributed by atoms with Crippen molar-refractivity contribution in [3.63, 3.8) is 0 Å². The monoisotopic (exact) mass is 422 g/mol. The summed E-state index contributed by atoms with van der Waals surface area (Å²) in [6, 6.07) is 13.5. The van der Waals surface area contributed by atoms with Gasteiger partial charge in [-0.1, -0.05) is 31.9 Å². The second-order valence-electron chi connectivity index (χ2n) is 8.20. The van der Waals surface area contributed by atoms with Gasteiger partial charge in [0.2, 0.25) is 5.91 Å². The summed E-state index contributed by atoms with van der Waals surface area (Å²) in [6.45, 7) is 9.38. The van der Waals surface area contributed by atoms with Crippen LogP contribution in [0, 0.1) is 13.8 Å². The molecular formula is C25H34N4O2. The molecule has 2 N–H and O–H groups in total. The minimum Gasteiger partial charge on any atom is -0.368 e. The number of nitrogens with one attached hydrogen (secondary N) is 2. The quantitative estimate of drug-likeness (QED) is 0.605. The zero-order valence-electron chi connectivity index (χ0n) is 18.9. The Morgan fingerprint density at radius 1 is 0.903 bits per heavy atom. The van der Waals surface area contributed by atoms with E-state index in [9.17, 15) is 9.59 Å². The number of urea groups is 1. The Balaban J connectivity index is 1.48. The maximum Gasteiger partial charge on any atom is 0.323 e. The summed E-state index contributed by atoms with van der Waals surface area (Å²) < 4.78 is 0. The van der Waals surface area contributed by atoms with Crippen LogP contribution in [0.2, 0.25) is 0 Å². The summed E-state index contributed by atoms with van der Waals surface area (Å²) in [4.78, 5) is 28.9. The Morgan fingerprint density at radius 3 is 2.29 bits per heavy atom. The van der Waals surface area contributed by atoms with Crippen LogP contribution in [-0.4, -0.2) is 43.0 Å². The highest BCUT2D eigenvalue weighted by Gasteiger charge is 2.20. The lowest BCUT2D eigenvalue weighted by atomic mass is 10.1. The van der Waals surface area contributed by atoms with Crippen molar-refractivity contribution in [1.82, 2.24) is 4.90 Å². The molecule has 0 aliphatic carbocycles. The van der Waals surface area contributed by atoms with E-state index in [1.165, 1.54) is 0 Å². The second-order valence-corrected chi connectivity index (χ2v) is 8.20. The molecule has 0 saturated carbocycles. The van der Waals surface area contributed by atoms with Crippen LogP contribution in [0.1, 0.15) is 43.7 Å². The highest BCUT2D eigenvalue weighted by Crippen LogP contribution is 2.21. The number of piperazine rings is 1. The van der Waals surface area contributed by atoms with Crippen LogP contribution in [0.25, 0.3) is 0 Å².